The molecule has 0 aromatic heterocycles. The third kappa shape index (κ3) is 69.0. The van der Waals surface area contributed by atoms with Crippen molar-refractivity contribution in [2.24, 2.45) is 0 Å². The summed E-state index contributed by atoms with van der Waals surface area (Å²) in [6.45, 7) is 6.56. The zero-order valence-electron chi connectivity index (χ0n) is 54.9. The lowest BCUT2D eigenvalue weighted by molar-refractivity contribution is -0.167. The smallest absolute Gasteiger partial charge is 0.306 e. The van der Waals surface area contributed by atoms with Crippen molar-refractivity contribution in [1.82, 2.24) is 0 Å². The number of rotatable bonds is 65. The quantitative estimate of drug-likeness (QED) is 0.0261. The molecule has 0 bridgehead atoms. The van der Waals surface area contributed by atoms with E-state index >= 15 is 0 Å². The zero-order chi connectivity index (χ0) is 59.9. The number of hydrogen-bond acceptors (Lipinski definition) is 6. The molecule has 83 heavy (non-hydrogen) atoms. The van der Waals surface area contributed by atoms with Crippen molar-refractivity contribution < 1.29 is 28.6 Å². The van der Waals surface area contributed by atoms with Crippen LogP contribution in [0.4, 0.5) is 0 Å². The number of ether oxygens (including phenoxy) is 3. The standard InChI is InChI=1S/C77H134O6/c1-4-7-10-13-16-19-22-24-26-28-30-32-33-34-35-36-37-38-39-40-41-42-43-45-46-48-50-52-55-58-61-64-67-70-76(79)82-73-74(72-81-75(78)69-66-63-60-57-54-21-18-15-12-9-6-3)83-77(80)71-68-65-62-59-56-53-51-49-47-44-31-29-27-25-23-20-17-14-11-8-5-2/h7,10,16,19,24,26,29-32,34-35,37-38,40-41,74H,4-6,8-9,11-15,17-18,20-23,25,27-28,33,36,39,42-73H2,1-3H3/b10-7-,19-16-,26-24-,31-29-,32-30-,35-34-,38-37-,41-40-. The summed E-state index contributed by atoms with van der Waals surface area (Å²) in [7, 11) is 0. The van der Waals surface area contributed by atoms with Crippen molar-refractivity contribution in [2.45, 2.75) is 361 Å². The summed E-state index contributed by atoms with van der Waals surface area (Å²) in [5, 5.41) is 0. The van der Waals surface area contributed by atoms with E-state index in [4.69, 9.17) is 14.2 Å². The molecule has 0 fully saturated rings. The maximum absolute atomic E-state index is 12.9. The molecule has 1 unspecified atom stereocenters. The minimum Gasteiger partial charge on any atom is -0.462 e. The summed E-state index contributed by atoms with van der Waals surface area (Å²) in [4.78, 5) is 38.4. The highest BCUT2D eigenvalue weighted by atomic mass is 16.6. The molecule has 0 radical (unpaired) electrons. The van der Waals surface area contributed by atoms with E-state index in [1.165, 1.54) is 212 Å². The van der Waals surface area contributed by atoms with Crippen molar-refractivity contribution in [3.8, 4) is 0 Å². The first kappa shape index (κ1) is 79.3. The van der Waals surface area contributed by atoms with Crippen molar-refractivity contribution in [3.05, 3.63) is 97.2 Å². The fraction of sp³-hybridized carbons (Fsp3) is 0.753. The first-order valence-electron chi connectivity index (χ1n) is 35.7. The molecule has 6 nitrogen and oxygen atoms in total. The number of carbonyl (C=O) groups excluding carboxylic acids is 3. The Hall–Kier alpha value is -3.67. The molecule has 0 aliphatic heterocycles. The van der Waals surface area contributed by atoms with Gasteiger partial charge in [0.25, 0.3) is 0 Å². The van der Waals surface area contributed by atoms with Crippen LogP contribution in [0.3, 0.4) is 0 Å². The lowest BCUT2D eigenvalue weighted by Crippen LogP contribution is -2.30. The zero-order valence-corrected chi connectivity index (χ0v) is 54.9. The van der Waals surface area contributed by atoms with Gasteiger partial charge < -0.3 is 14.2 Å². The second-order valence-corrected chi connectivity index (χ2v) is 23.8. The average molecular weight is 1160 g/mol. The summed E-state index contributed by atoms with van der Waals surface area (Å²) in [6, 6.07) is 0. The number of allylic oxidation sites excluding steroid dienone is 16. The van der Waals surface area contributed by atoms with Gasteiger partial charge in [-0.1, -0.05) is 330 Å². The molecular weight excluding hydrogens is 1020 g/mol. The lowest BCUT2D eigenvalue weighted by atomic mass is 10.0. The van der Waals surface area contributed by atoms with Gasteiger partial charge in [-0.25, -0.2) is 0 Å². The van der Waals surface area contributed by atoms with Crippen molar-refractivity contribution in [1.29, 1.82) is 0 Å². The Balaban J connectivity index is 4.20. The van der Waals surface area contributed by atoms with Crippen LogP contribution in [-0.4, -0.2) is 37.2 Å². The second kappa shape index (κ2) is 70.8. The molecule has 0 aromatic carbocycles. The SMILES string of the molecule is CC/C=C\C/C=C\C/C=C\C/C=C\C/C=C\C/C=C\C/C=C\CCCCCCCCCCCCCC(=O)OCC(COC(=O)CCCCCCCCCCCCC)OC(=O)CCCCCCCCCCC/C=C\CCCCCCCCCC. The number of carbonyl (C=O) groups is 3. The van der Waals surface area contributed by atoms with E-state index in [1.54, 1.807) is 0 Å². The molecule has 0 saturated carbocycles. The highest BCUT2D eigenvalue weighted by Gasteiger charge is 2.19. The minimum absolute atomic E-state index is 0.0743. The topological polar surface area (TPSA) is 78.9 Å². The van der Waals surface area contributed by atoms with E-state index in [2.05, 4.69) is 118 Å². The van der Waals surface area contributed by atoms with E-state index in [9.17, 15) is 14.4 Å². The number of unbranched alkanes of at least 4 members (excludes halogenated alkanes) is 38. The molecule has 0 spiro atoms. The van der Waals surface area contributed by atoms with Gasteiger partial charge >= 0.3 is 17.9 Å². The van der Waals surface area contributed by atoms with Crippen LogP contribution in [0.2, 0.25) is 0 Å². The van der Waals surface area contributed by atoms with Gasteiger partial charge in [0.15, 0.2) is 6.10 Å². The van der Waals surface area contributed by atoms with Crippen LogP contribution >= 0.6 is 0 Å². The highest BCUT2D eigenvalue weighted by molar-refractivity contribution is 5.71. The van der Waals surface area contributed by atoms with Crippen molar-refractivity contribution in [2.75, 3.05) is 13.2 Å². The summed E-state index contributed by atoms with van der Waals surface area (Å²) < 4.78 is 17.0. The molecule has 0 N–H and O–H groups in total. The maximum Gasteiger partial charge on any atom is 0.306 e. The Kier molecular flexibility index (Phi) is 67.7. The van der Waals surface area contributed by atoms with Gasteiger partial charge in [0.1, 0.15) is 13.2 Å². The molecule has 0 aromatic rings. The summed E-state index contributed by atoms with van der Waals surface area (Å²) in [6.07, 6.45) is 95.8. The highest BCUT2D eigenvalue weighted by Crippen LogP contribution is 2.17. The summed E-state index contributed by atoms with van der Waals surface area (Å²) in [5.41, 5.74) is 0. The minimum atomic E-state index is -0.778. The van der Waals surface area contributed by atoms with Crippen molar-refractivity contribution in [3.63, 3.8) is 0 Å². The molecule has 0 aliphatic rings. The molecule has 6 heteroatoms. The Morgan fingerprint density at radius 3 is 0.747 bits per heavy atom. The largest absolute Gasteiger partial charge is 0.462 e. The molecule has 478 valence electrons. The van der Waals surface area contributed by atoms with Gasteiger partial charge in [-0.2, -0.15) is 0 Å². The Labute approximate surface area is 515 Å². The van der Waals surface area contributed by atoms with E-state index in [0.29, 0.717) is 19.3 Å². The van der Waals surface area contributed by atoms with E-state index in [0.717, 1.165) is 103 Å². The molecule has 0 aliphatic carbocycles. The van der Waals surface area contributed by atoms with Gasteiger partial charge in [-0.3, -0.25) is 14.4 Å². The molecule has 0 saturated heterocycles. The molecule has 0 rings (SSSR count). The van der Waals surface area contributed by atoms with Gasteiger partial charge in [0.05, 0.1) is 0 Å². The third-order valence-electron chi connectivity index (χ3n) is 15.6. The first-order chi connectivity index (χ1) is 41.0. The van der Waals surface area contributed by atoms with Crippen LogP contribution in [0, 0.1) is 0 Å². The van der Waals surface area contributed by atoms with Crippen LogP contribution in [0.25, 0.3) is 0 Å². The number of hydrogen-bond donors (Lipinski definition) is 0. The lowest BCUT2D eigenvalue weighted by Gasteiger charge is -2.18. The maximum atomic E-state index is 12.9. The van der Waals surface area contributed by atoms with E-state index < -0.39 is 6.10 Å². The summed E-state index contributed by atoms with van der Waals surface area (Å²) in [5.74, 6) is -0.863. The van der Waals surface area contributed by atoms with Crippen LogP contribution < -0.4 is 0 Å². The third-order valence-corrected chi connectivity index (χ3v) is 15.6. The normalized spacial score (nSPS) is 12.7. The molecule has 1 atom stereocenters. The van der Waals surface area contributed by atoms with E-state index in [-0.39, 0.29) is 31.1 Å². The van der Waals surface area contributed by atoms with Gasteiger partial charge in [0, 0.05) is 19.3 Å². The second-order valence-electron chi connectivity index (χ2n) is 23.8. The Morgan fingerprint density at radius 2 is 0.470 bits per heavy atom. The fourth-order valence-electron chi connectivity index (χ4n) is 10.2. The Morgan fingerprint density at radius 1 is 0.253 bits per heavy atom. The van der Waals surface area contributed by atoms with Gasteiger partial charge in [0.2, 0.25) is 0 Å². The fourth-order valence-corrected chi connectivity index (χ4v) is 10.2. The van der Waals surface area contributed by atoms with Gasteiger partial charge in [-0.05, 0) is 103 Å². The monoisotopic (exact) mass is 1160 g/mol. The first-order valence-corrected chi connectivity index (χ1v) is 35.7. The average Bonchev–Trinajstić information content (AvgIpc) is 3.48. The predicted octanol–water partition coefficient (Wildman–Crippen LogP) is 24.8. The van der Waals surface area contributed by atoms with Gasteiger partial charge in [-0.15, -0.1) is 0 Å². The van der Waals surface area contributed by atoms with Crippen LogP contribution in [0.5, 0.6) is 0 Å². The summed E-state index contributed by atoms with van der Waals surface area (Å²) >= 11 is 0. The van der Waals surface area contributed by atoms with Crippen LogP contribution in [0.15, 0.2) is 97.2 Å². The number of esters is 3. The van der Waals surface area contributed by atoms with Crippen LogP contribution in [0.1, 0.15) is 355 Å². The molecule has 0 heterocycles. The Bertz CT molecular complexity index is 1610. The van der Waals surface area contributed by atoms with E-state index in [1.807, 2.05) is 0 Å². The molecular formula is C77H134O6. The predicted molar refractivity (Wildman–Crippen MR) is 362 cm³/mol. The van der Waals surface area contributed by atoms with Crippen molar-refractivity contribution >= 4 is 17.9 Å². The van der Waals surface area contributed by atoms with Crippen LogP contribution in [-0.2, 0) is 28.6 Å². The molecule has 0 amide bonds.